The monoisotopic (exact) mass is 376 g/mol. The summed E-state index contributed by atoms with van der Waals surface area (Å²) in [5, 5.41) is 2.92. The predicted octanol–water partition coefficient (Wildman–Crippen LogP) is 2.04. The highest BCUT2D eigenvalue weighted by Crippen LogP contribution is 2.41. The highest BCUT2D eigenvalue weighted by Gasteiger charge is 2.29. The molecule has 0 bridgehead atoms. The minimum atomic E-state index is -0.776. The van der Waals surface area contributed by atoms with Gasteiger partial charge in [0.25, 0.3) is 11.5 Å². The van der Waals surface area contributed by atoms with Crippen molar-refractivity contribution in [1.82, 2.24) is 15.3 Å². The van der Waals surface area contributed by atoms with Crippen molar-refractivity contribution < 1.29 is 4.79 Å². The van der Waals surface area contributed by atoms with E-state index in [-0.39, 0.29) is 23.3 Å². The highest BCUT2D eigenvalue weighted by atomic mass is 16.2. The molecule has 7 heteroatoms. The number of fused-ring (bicyclic) bond motifs is 1. The minimum Gasteiger partial charge on any atom is -0.392 e. The van der Waals surface area contributed by atoms with E-state index >= 15 is 0 Å². The lowest BCUT2D eigenvalue weighted by Gasteiger charge is -2.32. The molecular formula is C21H20N4O3. The van der Waals surface area contributed by atoms with Crippen LogP contribution in [-0.2, 0) is 0 Å². The average molecular weight is 376 g/mol. The third-order valence-corrected chi connectivity index (χ3v) is 5.20. The Morgan fingerprint density at radius 2 is 1.61 bits per heavy atom. The van der Waals surface area contributed by atoms with Crippen molar-refractivity contribution in [1.29, 1.82) is 0 Å². The Morgan fingerprint density at radius 3 is 2.36 bits per heavy atom. The zero-order valence-corrected chi connectivity index (χ0v) is 15.1. The number of hydrogen-bond acceptors (Lipinski definition) is 4. The van der Waals surface area contributed by atoms with Crippen LogP contribution in [0.3, 0.4) is 0 Å². The van der Waals surface area contributed by atoms with Gasteiger partial charge in [-0.05, 0) is 29.5 Å². The molecule has 1 amide bonds. The first kappa shape index (κ1) is 17.8. The Morgan fingerprint density at radius 1 is 0.929 bits per heavy atom. The summed E-state index contributed by atoms with van der Waals surface area (Å²) in [4.78, 5) is 40.2. The van der Waals surface area contributed by atoms with E-state index in [1.807, 2.05) is 41.4 Å². The maximum absolute atomic E-state index is 12.7. The molecule has 1 aliphatic rings. The first-order chi connectivity index (χ1) is 13.5. The van der Waals surface area contributed by atoms with Gasteiger partial charge in [0.15, 0.2) is 0 Å². The van der Waals surface area contributed by atoms with Gasteiger partial charge >= 0.3 is 5.69 Å². The molecule has 0 saturated carbocycles. The molecule has 1 aromatic heterocycles. The lowest BCUT2D eigenvalue weighted by Crippen LogP contribution is -2.36. The van der Waals surface area contributed by atoms with Crippen molar-refractivity contribution in [2.24, 2.45) is 0 Å². The zero-order valence-electron chi connectivity index (χ0n) is 15.1. The summed E-state index contributed by atoms with van der Waals surface area (Å²) in [7, 11) is 0. The fourth-order valence-electron chi connectivity index (χ4n) is 3.88. The number of carbonyl (C=O) groups is 1. The molecule has 1 aliphatic carbocycles. The number of carbonyl (C=O) groups excluding carboxylic acids is 1. The Balaban J connectivity index is 1.65. The molecule has 0 spiro atoms. The molecule has 0 radical (unpaired) electrons. The van der Waals surface area contributed by atoms with Crippen LogP contribution in [0, 0.1) is 0 Å². The summed E-state index contributed by atoms with van der Waals surface area (Å²) in [6, 6.07) is 18.0. The average Bonchev–Trinajstić information content (AvgIpc) is 2.71. The first-order valence-corrected chi connectivity index (χ1v) is 9.11. The fraction of sp³-hybridized carbons (Fsp3) is 0.190. The van der Waals surface area contributed by atoms with Gasteiger partial charge in [-0.25, -0.2) is 4.79 Å². The summed E-state index contributed by atoms with van der Waals surface area (Å²) in [5.41, 5.74) is 7.05. The number of amides is 1. The van der Waals surface area contributed by atoms with Gasteiger partial charge in [0, 0.05) is 5.92 Å². The van der Waals surface area contributed by atoms with Crippen LogP contribution in [0.2, 0.25) is 0 Å². The zero-order chi connectivity index (χ0) is 19.7. The van der Waals surface area contributed by atoms with Gasteiger partial charge in [-0.1, -0.05) is 54.6 Å². The van der Waals surface area contributed by atoms with Crippen LogP contribution in [0.5, 0.6) is 0 Å². The normalized spacial score (nSPS) is 18.3. The number of nitrogens with two attached hydrogens (primary N) is 1. The summed E-state index contributed by atoms with van der Waals surface area (Å²) in [6.07, 6.45) is 1.60. The number of nitrogen functional groups attached to an aromatic ring is 1. The van der Waals surface area contributed by atoms with Crippen molar-refractivity contribution >= 4 is 11.6 Å². The van der Waals surface area contributed by atoms with Gasteiger partial charge in [0.05, 0.1) is 6.04 Å². The maximum atomic E-state index is 12.7. The third-order valence-electron chi connectivity index (χ3n) is 5.20. The topological polar surface area (TPSA) is 121 Å². The Labute approximate surface area is 160 Å². The fourth-order valence-corrected chi connectivity index (χ4v) is 3.88. The Kier molecular flexibility index (Phi) is 4.57. The third kappa shape index (κ3) is 3.22. The second kappa shape index (κ2) is 7.19. The predicted molar refractivity (Wildman–Crippen MR) is 106 cm³/mol. The Hall–Kier alpha value is -3.61. The van der Waals surface area contributed by atoms with E-state index < -0.39 is 17.2 Å². The van der Waals surface area contributed by atoms with E-state index in [4.69, 9.17) is 5.73 Å². The summed E-state index contributed by atoms with van der Waals surface area (Å²) < 4.78 is 0. The maximum Gasteiger partial charge on any atom is 0.326 e. The molecule has 3 aromatic rings. The standard InChI is InChI=1S/C21H20N4O3/c22-17-18(24-21(28)25-19(17)26)20(27)23-16-11-10-13(12-6-2-1-3-7-12)14-8-4-5-9-15(14)16/h1-9,13,16H,10-11,22H2,(H,23,27)(H2,24,25,26,28)/t13-,16+/m0/s1. The summed E-state index contributed by atoms with van der Waals surface area (Å²) in [5.74, 6) is -0.311. The number of aromatic nitrogens is 2. The largest absolute Gasteiger partial charge is 0.392 e. The molecule has 0 aliphatic heterocycles. The molecule has 5 N–H and O–H groups in total. The second-order valence-electron chi connectivity index (χ2n) is 6.89. The molecular weight excluding hydrogens is 356 g/mol. The molecule has 1 heterocycles. The van der Waals surface area contributed by atoms with Gasteiger partial charge < -0.3 is 16.0 Å². The van der Waals surface area contributed by atoms with Gasteiger partial charge in [0.2, 0.25) is 0 Å². The molecule has 2 atom stereocenters. The van der Waals surface area contributed by atoms with E-state index in [0.29, 0.717) is 0 Å². The first-order valence-electron chi connectivity index (χ1n) is 9.11. The van der Waals surface area contributed by atoms with E-state index in [1.165, 1.54) is 5.56 Å². The summed E-state index contributed by atoms with van der Waals surface area (Å²) >= 11 is 0. The SMILES string of the molecule is Nc1c(C(=O)N[C@@H]2CC[C@@H](c3ccccc3)c3ccccc32)[nH]c(=O)[nH]c1=O. The lowest BCUT2D eigenvalue weighted by atomic mass is 9.77. The number of benzene rings is 2. The Bertz CT molecular complexity index is 1130. The van der Waals surface area contributed by atoms with Crippen molar-refractivity contribution in [2.45, 2.75) is 24.8 Å². The van der Waals surface area contributed by atoms with E-state index in [2.05, 4.69) is 28.5 Å². The van der Waals surface area contributed by atoms with E-state index in [0.717, 1.165) is 24.0 Å². The quantitative estimate of drug-likeness (QED) is 0.559. The summed E-state index contributed by atoms with van der Waals surface area (Å²) in [6.45, 7) is 0. The molecule has 142 valence electrons. The number of aromatic amines is 2. The molecule has 4 rings (SSSR count). The molecule has 2 aromatic carbocycles. The number of rotatable bonds is 3. The van der Waals surface area contributed by atoms with E-state index in [1.54, 1.807) is 0 Å². The molecule has 0 fully saturated rings. The molecule has 0 saturated heterocycles. The second-order valence-corrected chi connectivity index (χ2v) is 6.89. The van der Waals surface area contributed by atoms with Gasteiger partial charge in [-0.3, -0.25) is 14.6 Å². The molecule has 7 nitrogen and oxygen atoms in total. The van der Waals surface area contributed by atoms with Crippen LogP contribution in [0.25, 0.3) is 0 Å². The van der Waals surface area contributed by atoms with Crippen LogP contribution in [0.4, 0.5) is 5.69 Å². The molecule has 0 unspecified atom stereocenters. The number of anilines is 1. The number of H-pyrrole nitrogens is 2. The van der Waals surface area contributed by atoms with Crippen molar-refractivity contribution in [2.75, 3.05) is 5.73 Å². The van der Waals surface area contributed by atoms with Crippen molar-refractivity contribution in [3.8, 4) is 0 Å². The van der Waals surface area contributed by atoms with Crippen molar-refractivity contribution in [3.05, 3.63) is 97.8 Å². The minimum absolute atomic E-state index is 0.212. The van der Waals surface area contributed by atoms with Crippen molar-refractivity contribution in [3.63, 3.8) is 0 Å². The number of nitrogens with one attached hydrogen (secondary N) is 3. The van der Waals surface area contributed by atoms with Crippen LogP contribution in [-0.4, -0.2) is 15.9 Å². The smallest absolute Gasteiger partial charge is 0.326 e. The van der Waals surface area contributed by atoms with Crippen LogP contribution < -0.4 is 22.3 Å². The lowest BCUT2D eigenvalue weighted by molar-refractivity contribution is 0.0927. The van der Waals surface area contributed by atoms with Crippen LogP contribution in [0.15, 0.2) is 64.2 Å². The van der Waals surface area contributed by atoms with Gasteiger partial charge in [-0.15, -0.1) is 0 Å². The number of hydrogen-bond donors (Lipinski definition) is 4. The van der Waals surface area contributed by atoms with E-state index in [9.17, 15) is 14.4 Å². The van der Waals surface area contributed by atoms with Crippen LogP contribution in [0.1, 0.15) is 52.0 Å². The van der Waals surface area contributed by atoms with Gasteiger partial charge in [0.1, 0.15) is 11.4 Å². The molecule has 28 heavy (non-hydrogen) atoms. The van der Waals surface area contributed by atoms with Crippen LogP contribution >= 0.6 is 0 Å². The highest BCUT2D eigenvalue weighted by molar-refractivity contribution is 5.97. The van der Waals surface area contributed by atoms with Gasteiger partial charge in [-0.2, -0.15) is 0 Å².